The first-order chi connectivity index (χ1) is 18.7. The van der Waals surface area contributed by atoms with Gasteiger partial charge in [-0.1, -0.05) is 48.5 Å². The van der Waals surface area contributed by atoms with Gasteiger partial charge in [-0.05, 0) is 41.0 Å². The Morgan fingerprint density at radius 3 is 2.49 bits per heavy atom. The second kappa shape index (κ2) is 11.0. The number of sulfone groups is 1. The summed E-state index contributed by atoms with van der Waals surface area (Å²) >= 11 is 1.20. The Bertz CT molecular complexity index is 1730. The van der Waals surface area contributed by atoms with Crippen LogP contribution < -0.4 is 10.2 Å². The average Bonchev–Trinajstić information content (AvgIpc) is 3.52. The Morgan fingerprint density at radius 2 is 1.77 bits per heavy atom. The van der Waals surface area contributed by atoms with Gasteiger partial charge in [0, 0.05) is 26.7 Å². The first-order valence-corrected chi connectivity index (χ1v) is 14.7. The summed E-state index contributed by atoms with van der Waals surface area (Å²) in [5, 5.41) is 8.98. The highest BCUT2D eigenvalue weighted by atomic mass is 32.2. The summed E-state index contributed by atoms with van der Waals surface area (Å²) in [6, 6.07) is 22.7. The molecule has 2 aromatic heterocycles. The van der Waals surface area contributed by atoms with Gasteiger partial charge >= 0.3 is 0 Å². The van der Waals surface area contributed by atoms with E-state index in [1.807, 2.05) is 61.5 Å². The number of aromatic nitrogens is 3. The molecule has 0 aliphatic rings. The fourth-order valence-electron chi connectivity index (χ4n) is 4.18. The number of hydrogen-bond acceptors (Lipinski definition) is 9. The van der Waals surface area contributed by atoms with Crippen molar-refractivity contribution in [1.29, 1.82) is 0 Å². The summed E-state index contributed by atoms with van der Waals surface area (Å²) < 4.78 is 33.5. The summed E-state index contributed by atoms with van der Waals surface area (Å²) in [6.45, 7) is 1.55. The molecule has 0 fully saturated rings. The number of carbonyl (C=O) groups is 1. The summed E-state index contributed by atoms with van der Waals surface area (Å²) in [5.74, 6) is -0.455. The number of thiazole rings is 1. The van der Waals surface area contributed by atoms with Gasteiger partial charge in [0.2, 0.25) is 17.7 Å². The van der Waals surface area contributed by atoms with E-state index in [0.717, 1.165) is 21.5 Å². The van der Waals surface area contributed by atoms with Crippen LogP contribution in [0.1, 0.15) is 27.6 Å². The quantitative estimate of drug-likeness (QED) is 0.275. The van der Waals surface area contributed by atoms with Gasteiger partial charge in [0.25, 0.3) is 0 Å². The highest BCUT2D eigenvalue weighted by Gasteiger charge is 2.37. The van der Waals surface area contributed by atoms with Crippen molar-refractivity contribution in [2.45, 2.75) is 24.5 Å². The molecule has 0 aliphatic heterocycles. The maximum absolute atomic E-state index is 13.7. The van der Waals surface area contributed by atoms with Crippen LogP contribution in [0.15, 0.2) is 77.2 Å². The first kappa shape index (κ1) is 26.5. The van der Waals surface area contributed by atoms with E-state index in [9.17, 15) is 13.2 Å². The van der Waals surface area contributed by atoms with Crippen LogP contribution in [0.4, 0.5) is 5.69 Å². The van der Waals surface area contributed by atoms with Crippen LogP contribution in [0.5, 0.6) is 0 Å². The number of hydrogen-bond donors (Lipinski definition) is 1. The molecule has 39 heavy (non-hydrogen) atoms. The summed E-state index contributed by atoms with van der Waals surface area (Å²) in [6.07, 6.45) is 0. The van der Waals surface area contributed by atoms with E-state index >= 15 is 0 Å². The Morgan fingerprint density at radius 1 is 1.00 bits per heavy atom. The van der Waals surface area contributed by atoms with E-state index in [2.05, 4.69) is 26.6 Å². The van der Waals surface area contributed by atoms with Gasteiger partial charge in [0.15, 0.2) is 15.1 Å². The highest BCUT2D eigenvalue weighted by molar-refractivity contribution is 7.91. The lowest BCUT2D eigenvalue weighted by Gasteiger charge is -2.15. The third-order valence-corrected chi connectivity index (χ3v) is 9.24. The molecule has 200 valence electrons. The summed E-state index contributed by atoms with van der Waals surface area (Å²) in [4.78, 5) is 20.0. The van der Waals surface area contributed by atoms with Crippen LogP contribution in [0, 0.1) is 6.92 Å². The van der Waals surface area contributed by atoms with E-state index in [4.69, 9.17) is 4.42 Å². The van der Waals surface area contributed by atoms with Crippen LogP contribution >= 0.6 is 11.3 Å². The molecule has 0 spiro atoms. The highest BCUT2D eigenvalue weighted by Crippen LogP contribution is 2.35. The predicted molar refractivity (Wildman–Crippen MR) is 152 cm³/mol. The molecule has 0 saturated carbocycles. The molecule has 0 bridgehead atoms. The normalized spacial score (nSPS) is 12.4. The number of benzene rings is 3. The van der Waals surface area contributed by atoms with Crippen LogP contribution in [-0.4, -0.2) is 43.6 Å². The fourth-order valence-corrected chi connectivity index (χ4v) is 7.35. The predicted octanol–water partition coefficient (Wildman–Crippen LogP) is 4.69. The minimum Gasteiger partial charge on any atom is -0.424 e. The first-order valence-electron chi connectivity index (χ1n) is 12.2. The minimum absolute atomic E-state index is 0.0890. The van der Waals surface area contributed by atoms with Crippen molar-refractivity contribution in [3.63, 3.8) is 0 Å². The summed E-state index contributed by atoms with van der Waals surface area (Å²) in [7, 11) is -0.0191. The molecule has 0 radical (unpaired) electrons. The van der Waals surface area contributed by atoms with Crippen LogP contribution in [0.2, 0.25) is 0 Å². The minimum atomic E-state index is -3.99. The zero-order chi connectivity index (χ0) is 27.6. The van der Waals surface area contributed by atoms with E-state index in [1.54, 1.807) is 31.2 Å². The SMILES string of the molecule is Cc1nnc(CNC(=O)C(c2nc3ccc(-c4cccc(N(C)C)c4)cc3s2)S(=O)(=O)Cc2ccccc2)o1. The van der Waals surface area contributed by atoms with Gasteiger partial charge in [-0.2, -0.15) is 0 Å². The second-order valence-corrected chi connectivity index (χ2v) is 12.4. The van der Waals surface area contributed by atoms with E-state index in [-0.39, 0.29) is 23.2 Å². The van der Waals surface area contributed by atoms with Gasteiger partial charge < -0.3 is 14.6 Å². The number of carbonyl (C=O) groups excluding carboxylic acids is 1. The molecule has 3 aromatic carbocycles. The second-order valence-electron chi connectivity index (χ2n) is 9.28. The van der Waals surface area contributed by atoms with Crippen molar-refractivity contribution in [1.82, 2.24) is 20.5 Å². The monoisotopic (exact) mass is 561 g/mol. The molecule has 1 amide bonds. The van der Waals surface area contributed by atoms with Gasteiger partial charge in [0.05, 0.1) is 22.5 Å². The number of nitrogens with one attached hydrogen (secondary N) is 1. The number of anilines is 1. The number of aryl methyl sites for hydroxylation is 1. The third-order valence-electron chi connectivity index (χ3n) is 6.11. The largest absolute Gasteiger partial charge is 0.424 e. The molecule has 2 heterocycles. The van der Waals surface area contributed by atoms with Crippen molar-refractivity contribution in [2.24, 2.45) is 0 Å². The molecule has 9 nitrogen and oxygen atoms in total. The topological polar surface area (TPSA) is 118 Å². The Balaban J connectivity index is 1.50. The van der Waals surface area contributed by atoms with E-state index in [1.165, 1.54) is 11.3 Å². The zero-order valence-electron chi connectivity index (χ0n) is 21.7. The average molecular weight is 562 g/mol. The van der Waals surface area contributed by atoms with E-state index in [0.29, 0.717) is 17.0 Å². The molecule has 5 rings (SSSR count). The van der Waals surface area contributed by atoms with Crippen molar-refractivity contribution in [2.75, 3.05) is 19.0 Å². The maximum Gasteiger partial charge on any atom is 0.245 e. The van der Waals surface area contributed by atoms with Crippen molar-refractivity contribution >= 4 is 43.0 Å². The van der Waals surface area contributed by atoms with Gasteiger partial charge in [-0.15, -0.1) is 21.5 Å². The lowest BCUT2D eigenvalue weighted by molar-refractivity contribution is -0.121. The van der Waals surface area contributed by atoms with Crippen molar-refractivity contribution in [3.05, 3.63) is 95.1 Å². The van der Waals surface area contributed by atoms with Gasteiger partial charge in [-0.3, -0.25) is 4.79 Å². The molecule has 1 N–H and O–H groups in total. The number of rotatable bonds is 9. The number of fused-ring (bicyclic) bond motifs is 1. The third kappa shape index (κ3) is 5.99. The van der Waals surface area contributed by atoms with Gasteiger partial charge in [-0.25, -0.2) is 13.4 Å². The molecule has 0 aliphatic carbocycles. The van der Waals surface area contributed by atoms with Crippen LogP contribution in [0.3, 0.4) is 0 Å². The molecule has 11 heteroatoms. The molecule has 1 atom stereocenters. The number of nitrogens with zero attached hydrogens (tertiary/aromatic N) is 4. The lowest BCUT2D eigenvalue weighted by Crippen LogP contribution is -2.34. The molecule has 1 unspecified atom stereocenters. The number of amides is 1. The Kier molecular flexibility index (Phi) is 7.45. The van der Waals surface area contributed by atoms with Crippen LogP contribution in [0.25, 0.3) is 21.3 Å². The van der Waals surface area contributed by atoms with E-state index < -0.39 is 21.0 Å². The lowest BCUT2D eigenvalue weighted by atomic mass is 10.0. The van der Waals surface area contributed by atoms with Crippen molar-refractivity contribution < 1.29 is 17.6 Å². The molecular formula is C28H27N5O4S2. The smallest absolute Gasteiger partial charge is 0.245 e. The zero-order valence-corrected chi connectivity index (χ0v) is 23.3. The summed E-state index contributed by atoms with van der Waals surface area (Å²) in [5.41, 5.74) is 4.28. The van der Waals surface area contributed by atoms with Crippen LogP contribution in [-0.2, 0) is 26.9 Å². The molecule has 0 saturated heterocycles. The Labute approximate surface area is 230 Å². The molecular weight excluding hydrogens is 534 g/mol. The molecule has 5 aromatic rings. The van der Waals surface area contributed by atoms with Gasteiger partial charge in [0.1, 0.15) is 5.01 Å². The Hall–Kier alpha value is -4.09. The maximum atomic E-state index is 13.7. The fraction of sp³-hybridized carbons (Fsp3) is 0.214. The standard InChI is InChI=1S/C28H27N5O4S2/c1-18-31-32-25(37-18)16-29-27(34)26(39(35,36)17-19-8-5-4-6-9-19)28-30-23-13-12-21(15-24(23)38-28)20-10-7-11-22(14-20)33(2)3/h4-15,26H,16-17H2,1-3H3,(H,29,34). The van der Waals surface area contributed by atoms with Crippen molar-refractivity contribution in [3.8, 4) is 11.1 Å².